The molecule has 0 saturated heterocycles. The first-order valence-corrected chi connectivity index (χ1v) is 9.55. The smallest absolute Gasteiger partial charge is 0.302 e. The third-order valence-electron chi connectivity index (χ3n) is 7.67. The lowest BCUT2D eigenvalue weighted by molar-refractivity contribution is -0.153. The van der Waals surface area contributed by atoms with E-state index in [0.29, 0.717) is 23.7 Å². The van der Waals surface area contributed by atoms with E-state index in [1.54, 1.807) is 12.5 Å². The molecule has 3 fully saturated rings. The fourth-order valence-corrected chi connectivity index (χ4v) is 6.64. The number of allylic oxidation sites excluding steroid dienone is 1. The van der Waals surface area contributed by atoms with Crippen molar-refractivity contribution >= 4 is 5.97 Å². The quantitative estimate of drug-likeness (QED) is 0.590. The van der Waals surface area contributed by atoms with Crippen molar-refractivity contribution in [3.8, 4) is 0 Å². The Hall–Kier alpha value is -0.830. The Morgan fingerprint density at radius 2 is 2.04 bits per heavy atom. The number of aliphatic hydroxyl groups is 1. The maximum absolute atomic E-state index is 11.5. The number of hydrogen-bond acceptors (Lipinski definition) is 3. The van der Waals surface area contributed by atoms with Crippen molar-refractivity contribution in [3.05, 3.63) is 11.6 Å². The van der Waals surface area contributed by atoms with Gasteiger partial charge < -0.3 is 9.84 Å². The van der Waals surface area contributed by atoms with Gasteiger partial charge in [0.05, 0.1) is 6.10 Å². The highest BCUT2D eigenvalue weighted by molar-refractivity contribution is 5.66. The summed E-state index contributed by atoms with van der Waals surface area (Å²) in [5.41, 5.74) is 1.69. The first-order chi connectivity index (χ1) is 11.0. The molecular weight excluding hydrogens is 288 g/mol. The summed E-state index contributed by atoms with van der Waals surface area (Å²) < 4.78 is 5.74. The SMILES string of the molecule is CC(=O)O[C@@H]1CCC=C2CC[C@@H]3[C@H](CC[C@]4(C)[C@@H](O)CC[C@@H]34)[C@H]21. The highest BCUT2D eigenvalue weighted by atomic mass is 16.5. The summed E-state index contributed by atoms with van der Waals surface area (Å²) in [6.07, 6.45) is 11.4. The number of carbonyl (C=O) groups excluding carboxylic acids is 1. The van der Waals surface area contributed by atoms with E-state index in [-0.39, 0.29) is 23.6 Å². The van der Waals surface area contributed by atoms with E-state index in [1.807, 2.05) is 0 Å². The second kappa shape index (κ2) is 5.61. The summed E-state index contributed by atoms with van der Waals surface area (Å²) in [5.74, 6) is 2.36. The summed E-state index contributed by atoms with van der Waals surface area (Å²) in [6.45, 7) is 3.87. The Bertz CT molecular complexity index is 525. The van der Waals surface area contributed by atoms with Gasteiger partial charge in [-0.1, -0.05) is 18.6 Å². The number of aliphatic hydroxyl groups excluding tert-OH is 1. The van der Waals surface area contributed by atoms with Crippen LogP contribution >= 0.6 is 0 Å². The molecule has 0 amide bonds. The second-order valence-electron chi connectivity index (χ2n) is 8.64. The largest absolute Gasteiger partial charge is 0.462 e. The predicted molar refractivity (Wildman–Crippen MR) is 88.6 cm³/mol. The van der Waals surface area contributed by atoms with Crippen molar-refractivity contribution in [2.45, 2.75) is 77.4 Å². The van der Waals surface area contributed by atoms with Crippen molar-refractivity contribution in [1.82, 2.24) is 0 Å². The van der Waals surface area contributed by atoms with Gasteiger partial charge in [-0.25, -0.2) is 0 Å². The molecule has 0 heterocycles. The van der Waals surface area contributed by atoms with Crippen LogP contribution in [0.1, 0.15) is 65.2 Å². The molecular formula is C20H30O3. The molecule has 4 aliphatic rings. The maximum atomic E-state index is 11.5. The molecule has 0 bridgehead atoms. The van der Waals surface area contributed by atoms with Gasteiger partial charge in [-0.15, -0.1) is 0 Å². The average Bonchev–Trinajstić information content (AvgIpc) is 2.82. The molecule has 0 aliphatic heterocycles. The number of rotatable bonds is 1. The third kappa shape index (κ3) is 2.38. The molecule has 0 aromatic heterocycles. The van der Waals surface area contributed by atoms with Crippen LogP contribution in [0.3, 0.4) is 0 Å². The molecule has 128 valence electrons. The van der Waals surface area contributed by atoms with Crippen LogP contribution in [0.15, 0.2) is 11.6 Å². The predicted octanol–water partition coefficient (Wildman–Crippen LogP) is 3.85. The van der Waals surface area contributed by atoms with Gasteiger partial charge in [-0.05, 0) is 74.5 Å². The minimum absolute atomic E-state index is 0.0935. The van der Waals surface area contributed by atoms with Crippen LogP contribution in [-0.4, -0.2) is 23.3 Å². The maximum Gasteiger partial charge on any atom is 0.302 e. The minimum atomic E-state index is -0.129. The van der Waals surface area contributed by atoms with Crippen molar-refractivity contribution in [3.63, 3.8) is 0 Å². The van der Waals surface area contributed by atoms with Crippen LogP contribution in [0, 0.1) is 29.1 Å². The van der Waals surface area contributed by atoms with Crippen LogP contribution < -0.4 is 0 Å². The van der Waals surface area contributed by atoms with E-state index in [0.717, 1.165) is 25.7 Å². The van der Waals surface area contributed by atoms with E-state index in [1.165, 1.54) is 25.7 Å². The number of carbonyl (C=O) groups is 1. The molecule has 4 aliphatic carbocycles. The monoisotopic (exact) mass is 318 g/mol. The Balaban J connectivity index is 1.62. The number of fused-ring (bicyclic) bond motifs is 5. The standard InChI is InChI=1S/C20H30O3/c1-12(21)23-17-5-3-4-13-6-7-14-15(19(13)17)10-11-20(2)16(14)8-9-18(20)22/h4,14-19,22H,3,5-11H2,1-2H3/t14-,15+,16+,17-,18+,19+,20+/m1/s1. The van der Waals surface area contributed by atoms with Crippen LogP contribution in [0.25, 0.3) is 0 Å². The highest BCUT2D eigenvalue weighted by Crippen LogP contribution is 2.62. The first-order valence-electron chi connectivity index (χ1n) is 9.55. The molecule has 0 spiro atoms. The third-order valence-corrected chi connectivity index (χ3v) is 7.67. The normalized spacial score (nSPS) is 48.7. The summed E-state index contributed by atoms with van der Waals surface area (Å²) in [7, 11) is 0. The van der Waals surface area contributed by atoms with Gasteiger partial charge >= 0.3 is 5.97 Å². The van der Waals surface area contributed by atoms with Gasteiger partial charge in [0.25, 0.3) is 0 Å². The Kier molecular flexibility index (Phi) is 3.83. The Morgan fingerprint density at radius 3 is 2.83 bits per heavy atom. The van der Waals surface area contributed by atoms with Crippen molar-refractivity contribution in [1.29, 1.82) is 0 Å². The zero-order chi connectivity index (χ0) is 16.2. The molecule has 0 aromatic rings. The van der Waals surface area contributed by atoms with Gasteiger partial charge in [0.15, 0.2) is 0 Å². The van der Waals surface area contributed by atoms with Gasteiger partial charge in [-0.3, -0.25) is 4.79 Å². The van der Waals surface area contributed by atoms with Gasteiger partial charge in [0, 0.05) is 12.8 Å². The van der Waals surface area contributed by atoms with Crippen LogP contribution in [0.5, 0.6) is 0 Å². The Morgan fingerprint density at radius 1 is 1.22 bits per heavy atom. The first kappa shape index (κ1) is 15.7. The second-order valence-corrected chi connectivity index (χ2v) is 8.64. The van der Waals surface area contributed by atoms with E-state index >= 15 is 0 Å². The van der Waals surface area contributed by atoms with Crippen molar-refractivity contribution in [2.24, 2.45) is 29.1 Å². The van der Waals surface area contributed by atoms with Crippen molar-refractivity contribution < 1.29 is 14.6 Å². The summed E-state index contributed by atoms with van der Waals surface area (Å²) in [6, 6.07) is 0. The molecule has 3 heteroatoms. The van der Waals surface area contributed by atoms with E-state index < -0.39 is 0 Å². The molecule has 0 unspecified atom stereocenters. The lowest BCUT2D eigenvalue weighted by Gasteiger charge is -2.54. The molecule has 4 rings (SSSR count). The topological polar surface area (TPSA) is 46.5 Å². The zero-order valence-corrected chi connectivity index (χ0v) is 14.5. The lowest BCUT2D eigenvalue weighted by atomic mass is 9.52. The van der Waals surface area contributed by atoms with Gasteiger partial charge in [0.1, 0.15) is 6.10 Å². The van der Waals surface area contributed by atoms with Gasteiger partial charge in [-0.2, -0.15) is 0 Å². The van der Waals surface area contributed by atoms with E-state index in [2.05, 4.69) is 13.0 Å². The lowest BCUT2D eigenvalue weighted by Crippen LogP contribution is -2.50. The molecule has 0 aromatic carbocycles. The summed E-state index contributed by atoms with van der Waals surface area (Å²) in [4.78, 5) is 11.5. The van der Waals surface area contributed by atoms with E-state index in [9.17, 15) is 9.90 Å². The fraction of sp³-hybridized carbons (Fsp3) is 0.850. The number of ether oxygens (including phenoxy) is 1. The average molecular weight is 318 g/mol. The summed E-state index contributed by atoms with van der Waals surface area (Å²) in [5, 5.41) is 10.5. The molecule has 7 atom stereocenters. The fourth-order valence-electron chi connectivity index (χ4n) is 6.64. The number of esters is 1. The Labute approximate surface area is 139 Å². The van der Waals surface area contributed by atoms with Gasteiger partial charge in [0.2, 0.25) is 0 Å². The summed E-state index contributed by atoms with van der Waals surface area (Å²) >= 11 is 0. The van der Waals surface area contributed by atoms with Crippen LogP contribution in [0.2, 0.25) is 0 Å². The van der Waals surface area contributed by atoms with Crippen molar-refractivity contribution in [2.75, 3.05) is 0 Å². The molecule has 23 heavy (non-hydrogen) atoms. The number of hydrogen-bond donors (Lipinski definition) is 1. The molecule has 0 radical (unpaired) electrons. The minimum Gasteiger partial charge on any atom is -0.462 e. The van der Waals surface area contributed by atoms with Crippen LogP contribution in [0.4, 0.5) is 0 Å². The molecule has 3 nitrogen and oxygen atoms in total. The highest BCUT2D eigenvalue weighted by Gasteiger charge is 2.57. The van der Waals surface area contributed by atoms with Crippen LogP contribution in [-0.2, 0) is 9.53 Å². The molecule has 3 saturated carbocycles. The zero-order valence-electron chi connectivity index (χ0n) is 14.5. The molecule has 1 N–H and O–H groups in total. The van der Waals surface area contributed by atoms with E-state index in [4.69, 9.17) is 4.74 Å².